The molecule has 0 aliphatic carbocycles. The van der Waals surface area contributed by atoms with Crippen molar-refractivity contribution in [1.29, 1.82) is 0 Å². The van der Waals surface area contributed by atoms with E-state index >= 15 is 0 Å². The summed E-state index contributed by atoms with van der Waals surface area (Å²) in [5, 5.41) is 3.41. The number of benzene rings is 1. The van der Waals surface area contributed by atoms with Crippen molar-refractivity contribution in [3.63, 3.8) is 0 Å². The van der Waals surface area contributed by atoms with Gasteiger partial charge in [0.1, 0.15) is 0 Å². The van der Waals surface area contributed by atoms with Gasteiger partial charge in [0.2, 0.25) is 0 Å². The Morgan fingerprint density at radius 1 is 1.30 bits per heavy atom. The number of rotatable bonds is 8. The third kappa shape index (κ3) is 4.89. The van der Waals surface area contributed by atoms with Crippen molar-refractivity contribution in [1.82, 2.24) is 5.32 Å². The van der Waals surface area contributed by atoms with Gasteiger partial charge in [-0.2, -0.15) is 0 Å². The summed E-state index contributed by atoms with van der Waals surface area (Å²) in [6.45, 7) is 10.2. The van der Waals surface area contributed by atoms with Gasteiger partial charge in [0, 0.05) is 6.04 Å². The summed E-state index contributed by atoms with van der Waals surface area (Å²) in [6.07, 6.45) is 3.17. The molecule has 112 valence electrons. The Morgan fingerprint density at radius 3 is 2.65 bits per heavy atom. The second kappa shape index (κ2) is 8.64. The van der Waals surface area contributed by atoms with Crippen LogP contribution in [0.4, 0.5) is 0 Å². The molecule has 0 saturated heterocycles. The van der Waals surface area contributed by atoms with Gasteiger partial charge in [-0.05, 0) is 44.5 Å². The molecule has 20 heavy (non-hydrogen) atoms. The molecular weight excluding hydrogens is 250 g/mol. The van der Waals surface area contributed by atoms with Gasteiger partial charge in [0.25, 0.3) is 0 Å². The molecule has 0 amide bonds. The first kappa shape index (κ1) is 16.6. The number of methoxy groups -OCH3 is 1. The van der Waals surface area contributed by atoms with Crippen molar-refractivity contribution in [3.05, 3.63) is 29.3 Å². The van der Waals surface area contributed by atoms with Crippen molar-refractivity contribution >= 4 is 6.08 Å². The Labute approximate surface area is 123 Å². The molecule has 0 aromatic heterocycles. The monoisotopic (exact) mass is 277 g/mol. The van der Waals surface area contributed by atoms with Gasteiger partial charge in [-0.3, -0.25) is 0 Å². The molecule has 1 aromatic rings. The van der Waals surface area contributed by atoms with Gasteiger partial charge in [-0.25, -0.2) is 0 Å². The van der Waals surface area contributed by atoms with Crippen LogP contribution in [0.5, 0.6) is 11.5 Å². The van der Waals surface area contributed by atoms with E-state index in [0.717, 1.165) is 30.0 Å². The lowest BCUT2D eigenvalue weighted by Gasteiger charge is -2.14. The van der Waals surface area contributed by atoms with Gasteiger partial charge < -0.3 is 14.8 Å². The molecule has 0 bridgehead atoms. The van der Waals surface area contributed by atoms with E-state index in [1.54, 1.807) is 7.11 Å². The number of nitrogens with one attached hydrogen (secondary N) is 1. The third-order valence-electron chi connectivity index (χ3n) is 3.24. The van der Waals surface area contributed by atoms with E-state index < -0.39 is 0 Å². The summed E-state index contributed by atoms with van der Waals surface area (Å²) in [7, 11) is 1.67. The molecule has 3 heteroatoms. The maximum Gasteiger partial charge on any atom is 0.161 e. The first-order valence-electron chi connectivity index (χ1n) is 7.34. The molecule has 1 unspecified atom stereocenters. The third-order valence-corrected chi connectivity index (χ3v) is 3.24. The molecule has 3 nitrogen and oxygen atoms in total. The van der Waals surface area contributed by atoms with Crippen LogP contribution >= 0.6 is 0 Å². The summed E-state index contributed by atoms with van der Waals surface area (Å²) < 4.78 is 11.1. The first-order chi connectivity index (χ1) is 9.62. The van der Waals surface area contributed by atoms with Crippen LogP contribution in [0.2, 0.25) is 0 Å². The molecule has 0 aliphatic heterocycles. The van der Waals surface area contributed by atoms with Crippen molar-refractivity contribution in [2.75, 3.05) is 20.3 Å². The number of hydrogen-bond acceptors (Lipinski definition) is 3. The van der Waals surface area contributed by atoms with Crippen LogP contribution in [0.15, 0.2) is 23.8 Å². The molecule has 1 atom stereocenters. The van der Waals surface area contributed by atoms with Crippen LogP contribution in [0.25, 0.3) is 6.08 Å². The van der Waals surface area contributed by atoms with Gasteiger partial charge in [0.05, 0.1) is 13.7 Å². The lowest BCUT2D eigenvalue weighted by atomic mass is 10.1. The fraction of sp³-hybridized carbons (Fsp3) is 0.529. The van der Waals surface area contributed by atoms with E-state index in [-0.39, 0.29) is 0 Å². The number of likely N-dealkylation sites (N-methyl/N-ethyl adjacent to an activating group) is 1. The predicted molar refractivity (Wildman–Crippen MR) is 85.6 cm³/mol. The van der Waals surface area contributed by atoms with Gasteiger partial charge >= 0.3 is 0 Å². The largest absolute Gasteiger partial charge is 0.493 e. The lowest BCUT2D eigenvalue weighted by molar-refractivity contribution is 0.294. The Hall–Kier alpha value is -1.48. The molecule has 0 saturated carbocycles. The van der Waals surface area contributed by atoms with Gasteiger partial charge in [0.15, 0.2) is 11.5 Å². The lowest BCUT2D eigenvalue weighted by Crippen LogP contribution is -2.26. The highest BCUT2D eigenvalue weighted by atomic mass is 16.5. The summed E-state index contributed by atoms with van der Waals surface area (Å²) >= 11 is 0. The minimum atomic E-state index is 0.377. The van der Waals surface area contributed by atoms with Crippen LogP contribution in [0.3, 0.4) is 0 Å². The van der Waals surface area contributed by atoms with Crippen molar-refractivity contribution in [2.24, 2.45) is 0 Å². The molecule has 0 aliphatic rings. The summed E-state index contributed by atoms with van der Waals surface area (Å²) in [5.41, 5.74) is 2.44. The van der Waals surface area contributed by atoms with E-state index in [1.165, 1.54) is 5.57 Å². The maximum absolute atomic E-state index is 5.74. The van der Waals surface area contributed by atoms with E-state index in [2.05, 4.69) is 45.2 Å². The second-order valence-electron chi connectivity index (χ2n) is 4.93. The smallest absolute Gasteiger partial charge is 0.161 e. The average molecular weight is 277 g/mol. The molecule has 0 radical (unpaired) electrons. The van der Waals surface area contributed by atoms with Crippen molar-refractivity contribution in [3.8, 4) is 11.5 Å². The van der Waals surface area contributed by atoms with Crippen LogP contribution in [0, 0.1) is 0 Å². The van der Waals surface area contributed by atoms with Crippen molar-refractivity contribution in [2.45, 2.75) is 40.2 Å². The molecule has 0 fully saturated rings. The van der Waals surface area contributed by atoms with Crippen LogP contribution in [-0.2, 0) is 0 Å². The molecule has 0 heterocycles. The first-order valence-corrected chi connectivity index (χ1v) is 7.34. The SMILES string of the molecule is CCCOc1cc(/C=C(/C)C(C)NCC)ccc1OC. The zero-order valence-corrected chi connectivity index (χ0v) is 13.3. The highest BCUT2D eigenvalue weighted by Crippen LogP contribution is 2.29. The Balaban J connectivity index is 2.93. The van der Waals surface area contributed by atoms with E-state index in [4.69, 9.17) is 9.47 Å². The standard InChI is InChI=1S/C17H27NO2/c1-6-10-20-17-12-15(8-9-16(17)19-5)11-13(3)14(4)18-7-2/h8-9,11-12,14,18H,6-7,10H2,1-5H3/b13-11-. The quantitative estimate of drug-likeness (QED) is 0.782. The average Bonchev–Trinajstić information content (AvgIpc) is 2.45. The number of hydrogen-bond donors (Lipinski definition) is 1. The normalized spacial score (nSPS) is 13.2. The Kier molecular flexibility index (Phi) is 7.16. The minimum Gasteiger partial charge on any atom is -0.493 e. The number of ether oxygens (including phenoxy) is 2. The fourth-order valence-electron chi connectivity index (χ4n) is 1.96. The van der Waals surface area contributed by atoms with Crippen molar-refractivity contribution < 1.29 is 9.47 Å². The predicted octanol–water partition coefficient (Wildman–Crippen LogP) is 3.89. The molecule has 1 rings (SSSR count). The zero-order chi connectivity index (χ0) is 15.0. The Morgan fingerprint density at radius 2 is 2.05 bits per heavy atom. The van der Waals surface area contributed by atoms with Crippen LogP contribution in [-0.4, -0.2) is 26.3 Å². The van der Waals surface area contributed by atoms with E-state index in [1.807, 2.05) is 12.1 Å². The zero-order valence-electron chi connectivity index (χ0n) is 13.3. The molecule has 1 aromatic carbocycles. The van der Waals surface area contributed by atoms with Crippen LogP contribution in [0.1, 0.15) is 39.7 Å². The van der Waals surface area contributed by atoms with E-state index in [9.17, 15) is 0 Å². The maximum atomic E-state index is 5.74. The fourth-order valence-corrected chi connectivity index (χ4v) is 1.96. The molecular formula is C17H27NO2. The van der Waals surface area contributed by atoms with E-state index in [0.29, 0.717) is 12.6 Å². The molecule has 1 N–H and O–H groups in total. The highest BCUT2D eigenvalue weighted by molar-refractivity contribution is 5.58. The topological polar surface area (TPSA) is 30.5 Å². The summed E-state index contributed by atoms with van der Waals surface area (Å²) in [4.78, 5) is 0. The Bertz CT molecular complexity index is 441. The van der Waals surface area contributed by atoms with Gasteiger partial charge in [-0.1, -0.05) is 31.6 Å². The molecule has 0 spiro atoms. The van der Waals surface area contributed by atoms with Gasteiger partial charge in [-0.15, -0.1) is 0 Å². The highest BCUT2D eigenvalue weighted by Gasteiger charge is 2.06. The summed E-state index contributed by atoms with van der Waals surface area (Å²) in [5.74, 6) is 1.60. The second-order valence-corrected chi connectivity index (χ2v) is 4.93. The minimum absolute atomic E-state index is 0.377. The summed E-state index contributed by atoms with van der Waals surface area (Å²) in [6, 6.07) is 6.43. The van der Waals surface area contributed by atoms with Crippen LogP contribution < -0.4 is 14.8 Å².